The molecule has 0 bridgehead atoms. The van der Waals surface area contributed by atoms with Gasteiger partial charge in [-0.3, -0.25) is 0 Å². The van der Waals surface area contributed by atoms with Gasteiger partial charge in [-0.1, -0.05) is 24.3 Å². The standard InChI is InChI=1S/C8H8BNO2/c10-6-7-4-2-1-3-5-8(7)9(11)12/h1-3,5,11-12H,4H2. The van der Waals surface area contributed by atoms with Crippen molar-refractivity contribution in [3.05, 3.63) is 35.3 Å². The number of hydrogen-bond donors (Lipinski definition) is 2. The lowest BCUT2D eigenvalue weighted by molar-refractivity contribution is 0.420. The minimum atomic E-state index is -1.56. The van der Waals surface area contributed by atoms with E-state index in [-0.39, 0.29) is 5.47 Å². The summed E-state index contributed by atoms with van der Waals surface area (Å²) < 4.78 is 0. The third-order valence-electron chi connectivity index (χ3n) is 1.61. The van der Waals surface area contributed by atoms with Crippen molar-refractivity contribution in [2.75, 3.05) is 0 Å². The third-order valence-corrected chi connectivity index (χ3v) is 1.61. The molecule has 0 spiro atoms. The minimum absolute atomic E-state index is 0.280. The molecule has 1 aliphatic carbocycles. The maximum Gasteiger partial charge on any atom is 0.489 e. The summed E-state index contributed by atoms with van der Waals surface area (Å²) in [5.74, 6) is 0. The molecule has 1 aliphatic rings. The Bertz CT molecular complexity index is 297. The van der Waals surface area contributed by atoms with Crippen LogP contribution in [0.1, 0.15) is 6.42 Å². The summed E-state index contributed by atoms with van der Waals surface area (Å²) in [5.41, 5.74) is 0.678. The van der Waals surface area contributed by atoms with Gasteiger partial charge in [-0.25, -0.2) is 0 Å². The molecule has 0 aromatic rings. The maximum atomic E-state index is 8.87. The minimum Gasteiger partial charge on any atom is -0.423 e. The van der Waals surface area contributed by atoms with Crippen molar-refractivity contribution in [1.29, 1.82) is 5.26 Å². The van der Waals surface area contributed by atoms with Crippen LogP contribution in [0.15, 0.2) is 35.3 Å². The van der Waals surface area contributed by atoms with Crippen LogP contribution >= 0.6 is 0 Å². The van der Waals surface area contributed by atoms with E-state index in [1.165, 1.54) is 6.08 Å². The van der Waals surface area contributed by atoms with E-state index in [0.717, 1.165) is 0 Å². The lowest BCUT2D eigenvalue weighted by Crippen LogP contribution is -2.15. The van der Waals surface area contributed by atoms with Gasteiger partial charge in [-0.2, -0.15) is 5.26 Å². The van der Waals surface area contributed by atoms with Crippen molar-refractivity contribution in [2.24, 2.45) is 0 Å². The highest BCUT2D eigenvalue weighted by Crippen LogP contribution is 2.14. The van der Waals surface area contributed by atoms with Gasteiger partial charge in [0, 0.05) is 12.0 Å². The Balaban J connectivity index is 3.04. The van der Waals surface area contributed by atoms with E-state index in [9.17, 15) is 0 Å². The molecule has 0 amide bonds. The fourth-order valence-corrected chi connectivity index (χ4v) is 0.994. The number of rotatable bonds is 1. The van der Waals surface area contributed by atoms with Gasteiger partial charge in [0.15, 0.2) is 0 Å². The summed E-state index contributed by atoms with van der Waals surface area (Å²) in [4.78, 5) is 0. The molecule has 4 heteroatoms. The first-order chi connectivity index (χ1) is 5.75. The summed E-state index contributed by atoms with van der Waals surface area (Å²) in [6, 6.07) is 1.93. The van der Waals surface area contributed by atoms with E-state index in [1.54, 1.807) is 18.2 Å². The van der Waals surface area contributed by atoms with Gasteiger partial charge in [-0.05, 0) is 5.47 Å². The zero-order chi connectivity index (χ0) is 8.97. The Morgan fingerprint density at radius 3 is 2.75 bits per heavy atom. The Hall–Kier alpha value is -1.31. The molecule has 0 heterocycles. The summed E-state index contributed by atoms with van der Waals surface area (Å²) in [6.45, 7) is 0. The molecule has 12 heavy (non-hydrogen) atoms. The first kappa shape index (κ1) is 8.79. The van der Waals surface area contributed by atoms with Crippen LogP contribution in [-0.4, -0.2) is 17.2 Å². The van der Waals surface area contributed by atoms with Crippen LogP contribution in [-0.2, 0) is 0 Å². The average Bonchev–Trinajstić information content (AvgIpc) is 2.27. The van der Waals surface area contributed by atoms with Crippen molar-refractivity contribution in [2.45, 2.75) is 6.42 Å². The van der Waals surface area contributed by atoms with Gasteiger partial charge in [0.25, 0.3) is 0 Å². The molecule has 1 rings (SSSR count). The summed E-state index contributed by atoms with van der Waals surface area (Å²) in [7, 11) is -1.56. The maximum absolute atomic E-state index is 8.87. The fourth-order valence-electron chi connectivity index (χ4n) is 0.994. The van der Waals surface area contributed by atoms with E-state index in [4.69, 9.17) is 15.3 Å². The molecule has 2 N–H and O–H groups in total. The SMILES string of the molecule is N#CC1=C(B(O)O)C=CC=CC1. The zero-order valence-electron chi connectivity index (χ0n) is 6.44. The second-order valence-electron chi connectivity index (χ2n) is 2.41. The molecule has 0 aromatic carbocycles. The van der Waals surface area contributed by atoms with Gasteiger partial charge in [0.05, 0.1) is 6.07 Å². The van der Waals surface area contributed by atoms with Crippen LogP contribution in [0.3, 0.4) is 0 Å². The molecular formula is C8H8BNO2. The first-order valence-corrected chi connectivity index (χ1v) is 3.58. The lowest BCUT2D eigenvalue weighted by Gasteiger charge is -2.00. The smallest absolute Gasteiger partial charge is 0.423 e. The number of nitriles is 1. The Morgan fingerprint density at radius 1 is 1.42 bits per heavy atom. The van der Waals surface area contributed by atoms with Gasteiger partial charge < -0.3 is 10.0 Å². The lowest BCUT2D eigenvalue weighted by atomic mass is 9.76. The second-order valence-corrected chi connectivity index (χ2v) is 2.41. The second kappa shape index (κ2) is 3.91. The van der Waals surface area contributed by atoms with Crippen LogP contribution < -0.4 is 0 Å². The highest BCUT2D eigenvalue weighted by atomic mass is 16.4. The quantitative estimate of drug-likeness (QED) is 0.544. The first-order valence-electron chi connectivity index (χ1n) is 3.58. The molecular weight excluding hydrogens is 153 g/mol. The van der Waals surface area contributed by atoms with E-state index >= 15 is 0 Å². The predicted octanol–water partition coefficient (Wildman–Crippen LogP) is 0.335. The molecule has 0 fully saturated rings. The van der Waals surface area contributed by atoms with Crippen LogP contribution in [0.4, 0.5) is 0 Å². The van der Waals surface area contributed by atoms with Gasteiger partial charge in [0.1, 0.15) is 0 Å². The average molecular weight is 161 g/mol. The summed E-state index contributed by atoms with van der Waals surface area (Å²) in [6.07, 6.45) is 7.24. The Kier molecular flexibility index (Phi) is 2.86. The molecule has 0 atom stereocenters. The van der Waals surface area contributed by atoms with Crippen LogP contribution in [0, 0.1) is 11.3 Å². The molecule has 0 aliphatic heterocycles. The molecule has 0 unspecified atom stereocenters. The van der Waals surface area contributed by atoms with E-state index < -0.39 is 7.12 Å². The normalized spacial score (nSPS) is 15.8. The highest BCUT2D eigenvalue weighted by Gasteiger charge is 2.17. The number of nitrogens with zero attached hydrogens (tertiary/aromatic N) is 1. The van der Waals surface area contributed by atoms with Crippen LogP contribution in [0.5, 0.6) is 0 Å². The molecule has 0 saturated heterocycles. The van der Waals surface area contributed by atoms with Crippen molar-refractivity contribution >= 4 is 7.12 Å². The molecule has 0 saturated carbocycles. The monoisotopic (exact) mass is 161 g/mol. The highest BCUT2D eigenvalue weighted by molar-refractivity contribution is 6.52. The number of hydrogen-bond acceptors (Lipinski definition) is 3. The summed E-state index contributed by atoms with van der Waals surface area (Å²) >= 11 is 0. The Labute approximate surface area is 71.1 Å². The van der Waals surface area contributed by atoms with Gasteiger partial charge in [-0.15, -0.1) is 0 Å². The van der Waals surface area contributed by atoms with Crippen molar-refractivity contribution in [1.82, 2.24) is 0 Å². The zero-order valence-corrected chi connectivity index (χ0v) is 6.44. The summed E-state index contributed by atoms with van der Waals surface area (Å²) in [5, 5.41) is 26.4. The molecule has 3 nitrogen and oxygen atoms in total. The third kappa shape index (κ3) is 1.85. The van der Waals surface area contributed by atoms with E-state index in [2.05, 4.69) is 0 Å². The van der Waals surface area contributed by atoms with Crippen LogP contribution in [0.25, 0.3) is 0 Å². The molecule has 60 valence electrons. The van der Waals surface area contributed by atoms with E-state index in [1.807, 2.05) is 6.07 Å². The van der Waals surface area contributed by atoms with Crippen molar-refractivity contribution in [3.8, 4) is 6.07 Å². The molecule has 0 aromatic heterocycles. The largest absolute Gasteiger partial charge is 0.489 e. The van der Waals surface area contributed by atoms with Crippen molar-refractivity contribution in [3.63, 3.8) is 0 Å². The number of allylic oxidation sites excluding steroid dienone is 6. The van der Waals surface area contributed by atoms with Crippen LogP contribution in [0.2, 0.25) is 0 Å². The fraction of sp³-hybridized carbons (Fsp3) is 0.125. The van der Waals surface area contributed by atoms with Gasteiger partial charge in [0.2, 0.25) is 0 Å². The topological polar surface area (TPSA) is 64.2 Å². The van der Waals surface area contributed by atoms with E-state index in [0.29, 0.717) is 12.0 Å². The predicted molar refractivity (Wildman–Crippen MR) is 45.7 cm³/mol. The van der Waals surface area contributed by atoms with Crippen molar-refractivity contribution < 1.29 is 10.0 Å². The molecule has 0 radical (unpaired) electrons. The Morgan fingerprint density at radius 2 is 2.17 bits per heavy atom. The van der Waals surface area contributed by atoms with Gasteiger partial charge >= 0.3 is 7.12 Å².